The monoisotopic (exact) mass is 337 g/mol. The Hall–Kier alpha value is -2.89. The molecule has 0 bridgehead atoms. The third-order valence-electron chi connectivity index (χ3n) is 4.49. The summed E-state index contributed by atoms with van der Waals surface area (Å²) in [6.45, 7) is 0.722. The summed E-state index contributed by atoms with van der Waals surface area (Å²) in [4.78, 5) is 16.2. The number of benzene rings is 1. The maximum atomic E-state index is 12.0. The van der Waals surface area contributed by atoms with Crippen LogP contribution in [0, 0.1) is 5.92 Å². The lowest BCUT2D eigenvalue weighted by Crippen LogP contribution is -2.26. The molecule has 0 aliphatic heterocycles. The highest BCUT2D eigenvalue weighted by Crippen LogP contribution is 2.46. The van der Waals surface area contributed by atoms with E-state index in [4.69, 9.17) is 8.94 Å². The number of hydrogen-bond acceptors (Lipinski definition) is 5. The van der Waals surface area contributed by atoms with Gasteiger partial charge in [-0.25, -0.2) is 0 Å². The van der Waals surface area contributed by atoms with E-state index >= 15 is 0 Å². The Bertz CT molecular complexity index is 827. The van der Waals surface area contributed by atoms with Gasteiger partial charge in [0.2, 0.25) is 17.6 Å². The summed E-state index contributed by atoms with van der Waals surface area (Å²) in [5.74, 6) is 2.53. The number of hydrogen-bond donors (Lipinski definition) is 1. The number of rotatable bonds is 7. The molecular formula is C19H19N3O3. The molecule has 128 valence electrons. The van der Waals surface area contributed by atoms with Gasteiger partial charge >= 0.3 is 0 Å². The smallest absolute Gasteiger partial charge is 0.238 e. The van der Waals surface area contributed by atoms with Gasteiger partial charge in [-0.1, -0.05) is 35.5 Å². The van der Waals surface area contributed by atoms with E-state index in [9.17, 15) is 4.79 Å². The average Bonchev–Trinajstić information content (AvgIpc) is 3.02. The van der Waals surface area contributed by atoms with Crippen LogP contribution >= 0.6 is 0 Å². The van der Waals surface area contributed by atoms with Gasteiger partial charge in [0, 0.05) is 19.4 Å². The fraction of sp³-hybridized carbons (Fsp3) is 0.316. The van der Waals surface area contributed by atoms with Gasteiger partial charge in [-0.3, -0.25) is 4.79 Å². The predicted octanol–water partition coefficient (Wildman–Crippen LogP) is 3.18. The molecule has 4 rings (SSSR count). The SMILES string of the molecule is O=C(CCc1nc(-c2ccco2)no1)NC[C@@H]1C[C@@H]1c1ccccc1. The molecule has 1 aliphatic rings. The zero-order chi connectivity index (χ0) is 17.1. The van der Waals surface area contributed by atoms with E-state index in [1.165, 1.54) is 5.56 Å². The number of carbonyl (C=O) groups excluding carboxylic acids is 1. The third kappa shape index (κ3) is 3.79. The number of nitrogens with one attached hydrogen (secondary N) is 1. The Morgan fingerprint density at radius 3 is 2.88 bits per heavy atom. The second kappa shape index (κ2) is 6.93. The molecule has 2 atom stereocenters. The summed E-state index contributed by atoms with van der Waals surface area (Å²) in [7, 11) is 0. The molecule has 0 spiro atoms. The van der Waals surface area contributed by atoms with Crippen LogP contribution < -0.4 is 5.32 Å². The van der Waals surface area contributed by atoms with Gasteiger partial charge in [-0.15, -0.1) is 0 Å². The molecule has 6 nitrogen and oxygen atoms in total. The Morgan fingerprint density at radius 2 is 2.08 bits per heavy atom. The average molecular weight is 337 g/mol. The van der Waals surface area contributed by atoms with Crippen molar-refractivity contribution in [1.29, 1.82) is 0 Å². The molecule has 3 aromatic rings. The summed E-state index contributed by atoms with van der Waals surface area (Å²) in [6.07, 6.45) is 3.45. The molecule has 1 amide bonds. The molecule has 1 aromatic carbocycles. The highest BCUT2D eigenvalue weighted by atomic mass is 16.5. The van der Waals surface area contributed by atoms with Gasteiger partial charge < -0.3 is 14.3 Å². The summed E-state index contributed by atoms with van der Waals surface area (Å²) in [5.41, 5.74) is 1.36. The summed E-state index contributed by atoms with van der Waals surface area (Å²) >= 11 is 0. The molecule has 1 fully saturated rings. The zero-order valence-electron chi connectivity index (χ0n) is 13.7. The van der Waals surface area contributed by atoms with E-state index in [2.05, 4.69) is 39.7 Å². The van der Waals surface area contributed by atoms with E-state index in [1.807, 2.05) is 6.07 Å². The van der Waals surface area contributed by atoms with Crippen LogP contribution in [0.25, 0.3) is 11.6 Å². The van der Waals surface area contributed by atoms with Crippen LogP contribution in [0.15, 0.2) is 57.7 Å². The van der Waals surface area contributed by atoms with Crippen LogP contribution in [-0.4, -0.2) is 22.6 Å². The van der Waals surface area contributed by atoms with Crippen molar-refractivity contribution in [3.8, 4) is 11.6 Å². The fourth-order valence-electron chi connectivity index (χ4n) is 3.00. The first kappa shape index (κ1) is 15.6. The Balaban J connectivity index is 1.20. The minimum Gasteiger partial charge on any atom is -0.461 e. The molecule has 25 heavy (non-hydrogen) atoms. The third-order valence-corrected chi connectivity index (χ3v) is 4.49. The summed E-state index contributed by atoms with van der Waals surface area (Å²) in [6, 6.07) is 14.0. The van der Waals surface area contributed by atoms with Gasteiger partial charge in [0.25, 0.3) is 0 Å². The standard InChI is InChI=1S/C19H19N3O3/c23-17(20-12-14-11-15(14)13-5-2-1-3-6-13)8-9-18-21-19(22-25-18)16-7-4-10-24-16/h1-7,10,14-15H,8-9,11-12H2,(H,20,23)/t14-,15+/m0/s1. The molecule has 1 saturated carbocycles. The molecule has 0 radical (unpaired) electrons. The Kier molecular flexibility index (Phi) is 4.33. The number of aryl methyl sites for hydroxylation is 1. The van der Waals surface area contributed by atoms with Gasteiger partial charge in [-0.05, 0) is 36.0 Å². The lowest BCUT2D eigenvalue weighted by atomic mass is 10.1. The lowest BCUT2D eigenvalue weighted by molar-refractivity contribution is -0.121. The minimum atomic E-state index is 0.0106. The summed E-state index contributed by atoms with van der Waals surface area (Å²) < 4.78 is 10.4. The number of furan rings is 1. The van der Waals surface area contributed by atoms with Crippen LogP contribution in [0.3, 0.4) is 0 Å². The first-order valence-corrected chi connectivity index (χ1v) is 8.47. The maximum Gasteiger partial charge on any atom is 0.238 e. The van der Waals surface area contributed by atoms with Crippen molar-refractivity contribution in [2.75, 3.05) is 6.54 Å². The van der Waals surface area contributed by atoms with Crippen molar-refractivity contribution in [1.82, 2.24) is 15.5 Å². The van der Waals surface area contributed by atoms with E-state index in [1.54, 1.807) is 18.4 Å². The largest absolute Gasteiger partial charge is 0.461 e. The van der Waals surface area contributed by atoms with Gasteiger partial charge in [-0.2, -0.15) is 4.98 Å². The normalized spacial score (nSPS) is 18.9. The second-order valence-corrected chi connectivity index (χ2v) is 6.31. The van der Waals surface area contributed by atoms with Crippen LogP contribution in [0.1, 0.15) is 30.2 Å². The molecule has 1 aliphatic carbocycles. The van der Waals surface area contributed by atoms with Crippen molar-refractivity contribution >= 4 is 5.91 Å². The summed E-state index contributed by atoms with van der Waals surface area (Å²) in [5, 5.41) is 6.85. The number of amides is 1. The van der Waals surface area contributed by atoms with E-state index in [0.29, 0.717) is 42.2 Å². The van der Waals surface area contributed by atoms with E-state index < -0.39 is 0 Å². The van der Waals surface area contributed by atoms with Crippen molar-refractivity contribution in [3.05, 3.63) is 60.2 Å². The lowest BCUT2D eigenvalue weighted by Gasteiger charge is -2.04. The van der Waals surface area contributed by atoms with E-state index in [-0.39, 0.29) is 5.91 Å². The van der Waals surface area contributed by atoms with Crippen LogP contribution in [0.2, 0.25) is 0 Å². The molecular weight excluding hydrogens is 318 g/mol. The quantitative estimate of drug-likeness (QED) is 0.716. The minimum absolute atomic E-state index is 0.0106. The van der Waals surface area contributed by atoms with Crippen LogP contribution in [0.4, 0.5) is 0 Å². The van der Waals surface area contributed by atoms with E-state index in [0.717, 1.165) is 13.0 Å². The Labute approximate surface area is 145 Å². The van der Waals surface area contributed by atoms with Gasteiger partial charge in [0.1, 0.15) is 0 Å². The molecule has 2 heterocycles. The van der Waals surface area contributed by atoms with Gasteiger partial charge in [0.05, 0.1) is 6.26 Å². The zero-order valence-corrected chi connectivity index (χ0v) is 13.7. The second-order valence-electron chi connectivity index (χ2n) is 6.31. The van der Waals surface area contributed by atoms with Crippen molar-refractivity contribution in [3.63, 3.8) is 0 Å². The highest BCUT2D eigenvalue weighted by molar-refractivity contribution is 5.76. The molecule has 0 saturated heterocycles. The highest BCUT2D eigenvalue weighted by Gasteiger charge is 2.37. The first-order chi connectivity index (χ1) is 12.3. The van der Waals surface area contributed by atoms with Crippen molar-refractivity contribution in [2.45, 2.75) is 25.2 Å². The molecule has 0 unspecified atom stereocenters. The van der Waals surface area contributed by atoms with Crippen molar-refractivity contribution in [2.24, 2.45) is 5.92 Å². The topological polar surface area (TPSA) is 81.2 Å². The first-order valence-electron chi connectivity index (χ1n) is 8.47. The molecule has 6 heteroatoms. The van der Waals surface area contributed by atoms with Crippen LogP contribution in [-0.2, 0) is 11.2 Å². The number of aromatic nitrogens is 2. The number of nitrogens with zero attached hydrogens (tertiary/aromatic N) is 2. The Morgan fingerprint density at radius 1 is 1.20 bits per heavy atom. The molecule has 1 N–H and O–H groups in total. The predicted molar refractivity (Wildman–Crippen MR) is 90.6 cm³/mol. The van der Waals surface area contributed by atoms with Crippen molar-refractivity contribution < 1.29 is 13.7 Å². The maximum absolute atomic E-state index is 12.0. The molecule has 2 aromatic heterocycles. The number of carbonyl (C=O) groups is 1. The van der Waals surface area contributed by atoms with Crippen LogP contribution in [0.5, 0.6) is 0 Å². The fourth-order valence-corrected chi connectivity index (χ4v) is 3.00. The van der Waals surface area contributed by atoms with Gasteiger partial charge in [0.15, 0.2) is 5.76 Å².